The van der Waals surface area contributed by atoms with Crippen molar-refractivity contribution >= 4 is 5.91 Å². The van der Waals surface area contributed by atoms with Gasteiger partial charge >= 0.3 is 0 Å². The minimum atomic E-state index is 0.224. The minimum absolute atomic E-state index is 0.224. The highest BCUT2D eigenvalue weighted by Gasteiger charge is 2.32. The van der Waals surface area contributed by atoms with Crippen LogP contribution in [0.4, 0.5) is 0 Å². The third-order valence-corrected chi connectivity index (χ3v) is 4.74. The molecule has 2 heterocycles. The third-order valence-electron chi connectivity index (χ3n) is 4.74. The maximum Gasteiger partial charge on any atom is 0.231 e. The number of carbonyl (C=O) groups excluding carboxylic acids is 1. The highest BCUT2D eigenvalue weighted by molar-refractivity contribution is 5.79. The molecule has 5 heteroatoms. The van der Waals surface area contributed by atoms with Crippen LogP contribution in [0.5, 0.6) is 0 Å². The number of nitrogens with zero attached hydrogens (tertiary/aromatic N) is 3. The van der Waals surface area contributed by atoms with E-state index >= 15 is 0 Å². The van der Waals surface area contributed by atoms with Gasteiger partial charge in [-0.05, 0) is 32.1 Å². The number of aryl methyl sites for hydroxylation is 1. The zero-order chi connectivity index (χ0) is 14.7. The van der Waals surface area contributed by atoms with Crippen LogP contribution in [0.15, 0.2) is 4.52 Å². The highest BCUT2D eigenvalue weighted by Crippen LogP contribution is 2.31. The molecule has 1 unspecified atom stereocenters. The van der Waals surface area contributed by atoms with Gasteiger partial charge < -0.3 is 9.42 Å². The Bertz CT molecular complexity index is 480. The molecule has 1 saturated heterocycles. The summed E-state index contributed by atoms with van der Waals surface area (Å²) in [6, 6.07) is 0. The van der Waals surface area contributed by atoms with Crippen LogP contribution in [0, 0.1) is 5.92 Å². The SMILES string of the molecule is CCCc1noc(C2CCCN(C(=O)C3CCCC3)C2)n1. The molecule has 1 aromatic rings. The van der Waals surface area contributed by atoms with Gasteiger partial charge in [-0.3, -0.25) is 4.79 Å². The van der Waals surface area contributed by atoms with Crippen molar-refractivity contribution in [2.45, 2.75) is 64.2 Å². The van der Waals surface area contributed by atoms with Gasteiger partial charge in [0, 0.05) is 25.4 Å². The van der Waals surface area contributed by atoms with Crippen molar-refractivity contribution < 1.29 is 9.32 Å². The van der Waals surface area contributed by atoms with Gasteiger partial charge in [0.25, 0.3) is 0 Å². The van der Waals surface area contributed by atoms with Crippen molar-refractivity contribution in [3.8, 4) is 0 Å². The van der Waals surface area contributed by atoms with E-state index in [9.17, 15) is 4.79 Å². The first kappa shape index (κ1) is 14.5. The first-order chi connectivity index (χ1) is 10.3. The minimum Gasteiger partial charge on any atom is -0.342 e. The van der Waals surface area contributed by atoms with E-state index in [1.54, 1.807) is 0 Å². The maximum absolute atomic E-state index is 12.5. The fourth-order valence-electron chi connectivity index (χ4n) is 3.57. The average Bonchev–Trinajstić information content (AvgIpc) is 3.18. The van der Waals surface area contributed by atoms with Crippen LogP contribution in [-0.2, 0) is 11.2 Å². The highest BCUT2D eigenvalue weighted by atomic mass is 16.5. The second-order valence-corrected chi connectivity index (χ2v) is 6.40. The Balaban J connectivity index is 1.63. The Hall–Kier alpha value is -1.39. The van der Waals surface area contributed by atoms with Crippen LogP contribution < -0.4 is 0 Å². The molecular weight excluding hydrogens is 266 g/mol. The van der Waals surface area contributed by atoms with E-state index in [1.807, 2.05) is 4.90 Å². The Labute approximate surface area is 126 Å². The quantitative estimate of drug-likeness (QED) is 0.856. The van der Waals surface area contributed by atoms with E-state index in [0.717, 1.165) is 63.3 Å². The van der Waals surface area contributed by atoms with Crippen LogP contribution >= 0.6 is 0 Å². The van der Waals surface area contributed by atoms with Crippen molar-refractivity contribution in [2.75, 3.05) is 13.1 Å². The number of rotatable bonds is 4. The molecule has 21 heavy (non-hydrogen) atoms. The van der Waals surface area contributed by atoms with E-state index < -0.39 is 0 Å². The molecule has 5 nitrogen and oxygen atoms in total. The number of hydrogen-bond acceptors (Lipinski definition) is 4. The largest absolute Gasteiger partial charge is 0.342 e. The lowest BCUT2D eigenvalue weighted by Gasteiger charge is -2.32. The van der Waals surface area contributed by atoms with Crippen molar-refractivity contribution in [2.24, 2.45) is 5.92 Å². The molecule has 116 valence electrons. The van der Waals surface area contributed by atoms with Crippen LogP contribution in [0.25, 0.3) is 0 Å². The lowest BCUT2D eigenvalue weighted by Crippen LogP contribution is -2.41. The van der Waals surface area contributed by atoms with Gasteiger partial charge in [0.1, 0.15) is 0 Å². The second kappa shape index (κ2) is 6.58. The molecule has 1 amide bonds. The van der Waals surface area contributed by atoms with Gasteiger partial charge in [-0.2, -0.15) is 4.98 Å². The molecule has 2 fully saturated rings. The second-order valence-electron chi connectivity index (χ2n) is 6.40. The first-order valence-electron chi connectivity index (χ1n) is 8.39. The molecule has 1 aliphatic carbocycles. The number of hydrogen-bond donors (Lipinski definition) is 0. The fraction of sp³-hybridized carbons (Fsp3) is 0.812. The summed E-state index contributed by atoms with van der Waals surface area (Å²) in [4.78, 5) is 19.1. The lowest BCUT2D eigenvalue weighted by atomic mass is 9.96. The topological polar surface area (TPSA) is 59.2 Å². The van der Waals surface area contributed by atoms with Gasteiger partial charge in [-0.25, -0.2) is 0 Å². The average molecular weight is 291 g/mol. The molecule has 1 aromatic heterocycles. The lowest BCUT2D eigenvalue weighted by molar-refractivity contribution is -0.136. The predicted molar refractivity (Wildman–Crippen MR) is 78.8 cm³/mol. The standard InChI is InChI=1S/C16H25N3O2/c1-2-6-14-17-15(21-18-14)13-9-5-10-19(11-13)16(20)12-7-3-4-8-12/h12-13H,2-11H2,1H3. The van der Waals surface area contributed by atoms with Gasteiger partial charge in [0.2, 0.25) is 11.8 Å². The predicted octanol–water partition coefficient (Wildman–Crippen LogP) is 2.92. The van der Waals surface area contributed by atoms with Gasteiger partial charge in [0.15, 0.2) is 5.82 Å². The summed E-state index contributed by atoms with van der Waals surface area (Å²) in [5.41, 5.74) is 0. The van der Waals surface area contributed by atoms with Crippen molar-refractivity contribution in [1.82, 2.24) is 15.0 Å². The summed E-state index contributed by atoms with van der Waals surface area (Å²) in [6.45, 7) is 3.75. The Kier molecular flexibility index (Phi) is 4.56. The van der Waals surface area contributed by atoms with Crippen LogP contribution in [0.1, 0.15) is 69.5 Å². The first-order valence-corrected chi connectivity index (χ1v) is 8.39. The van der Waals surface area contributed by atoms with Crippen molar-refractivity contribution in [3.05, 3.63) is 11.7 Å². The van der Waals surface area contributed by atoms with Gasteiger partial charge in [-0.15, -0.1) is 0 Å². The summed E-state index contributed by atoms with van der Waals surface area (Å²) < 4.78 is 5.41. The van der Waals surface area contributed by atoms with Crippen LogP contribution in [-0.4, -0.2) is 34.0 Å². The summed E-state index contributed by atoms with van der Waals surface area (Å²) >= 11 is 0. The zero-order valence-corrected chi connectivity index (χ0v) is 12.9. The Morgan fingerprint density at radius 1 is 1.29 bits per heavy atom. The van der Waals surface area contributed by atoms with E-state index in [2.05, 4.69) is 17.1 Å². The molecule has 1 saturated carbocycles. The Morgan fingerprint density at radius 3 is 2.86 bits per heavy atom. The number of aromatic nitrogens is 2. The van der Waals surface area contributed by atoms with Crippen molar-refractivity contribution in [3.63, 3.8) is 0 Å². The molecule has 1 aliphatic heterocycles. The van der Waals surface area contributed by atoms with E-state index in [-0.39, 0.29) is 11.8 Å². The smallest absolute Gasteiger partial charge is 0.231 e. The number of carbonyl (C=O) groups is 1. The molecule has 0 aromatic carbocycles. The summed E-state index contributed by atoms with van der Waals surface area (Å²) in [5, 5.41) is 4.04. The molecule has 2 aliphatic rings. The summed E-state index contributed by atoms with van der Waals surface area (Å²) in [5.74, 6) is 2.36. The molecule has 0 bridgehead atoms. The Morgan fingerprint density at radius 2 is 2.10 bits per heavy atom. The number of likely N-dealkylation sites (tertiary alicyclic amines) is 1. The monoisotopic (exact) mass is 291 g/mol. The third kappa shape index (κ3) is 3.27. The maximum atomic E-state index is 12.5. The molecule has 1 atom stereocenters. The fourth-order valence-corrected chi connectivity index (χ4v) is 3.57. The molecule has 3 rings (SSSR count). The molecule has 0 N–H and O–H groups in total. The van der Waals surface area contributed by atoms with Crippen LogP contribution in [0.2, 0.25) is 0 Å². The zero-order valence-electron chi connectivity index (χ0n) is 12.9. The molecular formula is C16H25N3O2. The summed E-state index contributed by atoms with van der Waals surface area (Å²) in [7, 11) is 0. The van der Waals surface area contributed by atoms with Gasteiger partial charge in [-0.1, -0.05) is 24.9 Å². The number of piperidine rings is 1. The molecule has 0 radical (unpaired) electrons. The number of amides is 1. The van der Waals surface area contributed by atoms with E-state index in [4.69, 9.17) is 4.52 Å². The summed E-state index contributed by atoms with van der Waals surface area (Å²) in [6.07, 6.45) is 8.52. The normalized spacial score (nSPS) is 23.7. The van der Waals surface area contributed by atoms with Crippen LogP contribution in [0.3, 0.4) is 0 Å². The van der Waals surface area contributed by atoms with Gasteiger partial charge in [0.05, 0.1) is 5.92 Å². The van der Waals surface area contributed by atoms with E-state index in [1.165, 1.54) is 12.8 Å². The van der Waals surface area contributed by atoms with E-state index in [0.29, 0.717) is 5.91 Å². The molecule has 0 spiro atoms. The van der Waals surface area contributed by atoms with Crippen molar-refractivity contribution in [1.29, 1.82) is 0 Å².